The molecule has 0 bridgehead atoms. The van der Waals surface area contributed by atoms with Gasteiger partial charge in [-0.3, -0.25) is 4.68 Å². The fourth-order valence-electron chi connectivity index (χ4n) is 1.59. The maximum Gasteiger partial charge on any atom is 0.145 e. The van der Waals surface area contributed by atoms with Crippen LogP contribution in [0.5, 0.6) is 0 Å². The summed E-state index contributed by atoms with van der Waals surface area (Å²) in [5.41, 5.74) is 1.20. The summed E-state index contributed by atoms with van der Waals surface area (Å²) in [7, 11) is 3.74. The quantitative estimate of drug-likeness (QED) is 0.879. The van der Waals surface area contributed by atoms with Gasteiger partial charge in [0, 0.05) is 26.8 Å². The lowest BCUT2D eigenvalue weighted by molar-refractivity contribution is 0.767. The zero-order chi connectivity index (χ0) is 13.0. The number of aromatic nitrogens is 4. The Hall–Kier alpha value is -1.63. The number of hydrogen-bond donors (Lipinski definition) is 2. The lowest BCUT2D eigenvalue weighted by atomic mass is 10.2. The molecule has 2 aromatic rings. The van der Waals surface area contributed by atoms with Gasteiger partial charge in [0.2, 0.25) is 0 Å². The summed E-state index contributed by atoms with van der Waals surface area (Å²) < 4.78 is 2.65. The second-order valence-electron chi connectivity index (χ2n) is 3.83. The van der Waals surface area contributed by atoms with Crippen LogP contribution >= 0.6 is 15.9 Å². The lowest BCUT2D eigenvalue weighted by Crippen LogP contribution is -2.08. The average molecular weight is 311 g/mol. The molecule has 0 aromatic carbocycles. The highest BCUT2D eigenvalue weighted by molar-refractivity contribution is 9.10. The van der Waals surface area contributed by atoms with Gasteiger partial charge >= 0.3 is 0 Å². The van der Waals surface area contributed by atoms with Gasteiger partial charge in [-0.2, -0.15) is 5.10 Å². The van der Waals surface area contributed by atoms with E-state index in [0.717, 1.165) is 29.1 Å². The number of nitrogens with one attached hydrogen (secondary N) is 2. The van der Waals surface area contributed by atoms with Gasteiger partial charge in [0.05, 0.1) is 6.20 Å². The molecule has 6 nitrogen and oxygen atoms in total. The van der Waals surface area contributed by atoms with Gasteiger partial charge in [-0.25, -0.2) is 9.97 Å². The Bertz CT molecular complexity index is 524. The van der Waals surface area contributed by atoms with Crippen LogP contribution in [0.3, 0.4) is 0 Å². The topological polar surface area (TPSA) is 67.7 Å². The van der Waals surface area contributed by atoms with Gasteiger partial charge in [0.15, 0.2) is 0 Å². The minimum absolute atomic E-state index is 0.772. The second kappa shape index (κ2) is 5.81. The molecule has 0 fully saturated rings. The molecule has 2 rings (SSSR count). The summed E-state index contributed by atoms with van der Waals surface area (Å²) in [4.78, 5) is 8.30. The molecule has 0 radical (unpaired) electrons. The van der Waals surface area contributed by atoms with Gasteiger partial charge in [-0.1, -0.05) is 0 Å². The molecule has 0 spiro atoms. The first-order chi connectivity index (χ1) is 8.70. The van der Waals surface area contributed by atoms with E-state index in [1.54, 1.807) is 4.68 Å². The summed E-state index contributed by atoms with van der Waals surface area (Å²) in [5.74, 6) is 1.56. The van der Waals surface area contributed by atoms with Crippen LogP contribution in [0.2, 0.25) is 0 Å². The first-order valence-corrected chi connectivity index (χ1v) is 6.39. The molecular formula is C11H15BrN6. The normalized spacial score (nSPS) is 10.4. The Kier molecular flexibility index (Phi) is 4.14. The average Bonchev–Trinajstić information content (AvgIpc) is 2.77. The van der Waals surface area contributed by atoms with E-state index in [4.69, 9.17) is 0 Å². The van der Waals surface area contributed by atoms with Crippen LogP contribution in [0.15, 0.2) is 23.2 Å². The molecule has 0 aliphatic heterocycles. The predicted octanol–water partition coefficient (Wildman–Crippen LogP) is 1.67. The van der Waals surface area contributed by atoms with Gasteiger partial charge in [-0.15, -0.1) is 0 Å². The van der Waals surface area contributed by atoms with Crippen molar-refractivity contribution < 1.29 is 0 Å². The molecule has 0 saturated carbocycles. The third-order valence-electron chi connectivity index (χ3n) is 2.49. The van der Waals surface area contributed by atoms with E-state index in [1.165, 1.54) is 11.9 Å². The van der Waals surface area contributed by atoms with Crippen molar-refractivity contribution in [3.05, 3.63) is 28.8 Å². The van der Waals surface area contributed by atoms with Gasteiger partial charge < -0.3 is 10.6 Å². The summed E-state index contributed by atoms with van der Waals surface area (Å²) in [6.07, 6.45) is 6.31. The van der Waals surface area contributed by atoms with Crippen molar-refractivity contribution in [1.82, 2.24) is 19.7 Å². The molecule has 2 N–H and O–H groups in total. The molecule has 18 heavy (non-hydrogen) atoms. The summed E-state index contributed by atoms with van der Waals surface area (Å²) in [5, 5.41) is 10.4. The highest BCUT2D eigenvalue weighted by Gasteiger charge is 2.06. The fraction of sp³-hybridized carbons (Fsp3) is 0.364. The second-order valence-corrected chi connectivity index (χ2v) is 4.63. The Morgan fingerprint density at radius 1 is 1.33 bits per heavy atom. The number of halogens is 1. The fourth-order valence-corrected chi connectivity index (χ4v) is 2.14. The van der Waals surface area contributed by atoms with Gasteiger partial charge in [0.1, 0.15) is 22.4 Å². The number of rotatable bonds is 5. The van der Waals surface area contributed by atoms with E-state index >= 15 is 0 Å². The van der Waals surface area contributed by atoms with E-state index in [2.05, 4.69) is 41.6 Å². The smallest absolute Gasteiger partial charge is 0.145 e. The number of anilines is 2. The minimum atomic E-state index is 0.772. The van der Waals surface area contributed by atoms with Crippen molar-refractivity contribution in [1.29, 1.82) is 0 Å². The molecule has 0 amide bonds. The molecule has 7 heteroatoms. The SMILES string of the molecule is CNc1ncnc(NCCc2cnn(C)c2)c1Br. The van der Waals surface area contributed by atoms with Crippen molar-refractivity contribution in [3.8, 4) is 0 Å². The van der Waals surface area contributed by atoms with Crippen LogP contribution in [0.25, 0.3) is 0 Å². The number of hydrogen-bond acceptors (Lipinski definition) is 5. The number of aryl methyl sites for hydroxylation is 1. The number of nitrogens with zero attached hydrogens (tertiary/aromatic N) is 4. The van der Waals surface area contributed by atoms with Crippen LogP contribution in [-0.2, 0) is 13.5 Å². The maximum absolute atomic E-state index is 4.19. The van der Waals surface area contributed by atoms with E-state index < -0.39 is 0 Å². The third-order valence-corrected chi connectivity index (χ3v) is 3.24. The highest BCUT2D eigenvalue weighted by Crippen LogP contribution is 2.25. The first-order valence-electron chi connectivity index (χ1n) is 5.60. The molecule has 2 heterocycles. The molecular weight excluding hydrogens is 296 g/mol. The van der Waals surface area contributed by atoms with E-state index in [1.807, 2.05) is 26.5 Å². The van der Waals surface area contributed by atoms with Crippen LogP contribution < -0.4 is 10.6 Å². The highest BCUT2D eigenvalue weighted by atomic mass is 79.9. The molecule has 0 aliphatic carbocycles. The van der Waals surface area contributed by atoms with Crippen molar-refractivity contribution in [2.75, 3.05) is 24.2 Å². The maximum atomic E-state index is 4.19. The summed E-state index contributed by atoms with van der Waals surface area (Å²) in [6, 6.07) is 0. The first kappa shape index (κ1) is 12.8. The van der Waals surface area contributed by atoms with Gasteiger partial charge in [-0.05, 0) is 27.9 Å². The van der Waals surface area contributed by atoms with E-state index in [9.17, 15) is 0 Å². The predicted molar refractivity (Wildman–Crippen MR) is 74.7 cm³/mol. The monoisotopic (exact) mass is 310 g/mol. The molecule has 0 saturated heterocycles. The molecule has 0 aliphatic rings. The zero-order valence-electron chi connectivity index (χ0n) is 10.3. The largest absolute Gasteiger partial charge is 0.372 e. The van der Waals surface area contributed by atoms with Crippen molar-refractivity contribution >= 4 is 27.6 Å². The van der Waals surface area contributed by atoms with Crippen molar-refractivity contribution in [3.63, 3.8) is 0 Å². The van der Waals surface area contributed by atoms with Crippen LogP contribution in [0, 0.1) is 0 Å². The van der Waals surface area contributed by atoms with Crippen molar-refractivity contribution in [2.45, 2.75) is 6.42 Å². The standard InChI is InChI=1S/C11H15BrN6/c1-13-10-9(12)11(16-7-15-10)14-4-3-8-5-17-18(2)6-8/h5-7H,3-4H2,1-2H3,(H2,13,14,15,16). The molecule has 2 aromatic heterocycles. The zero-order valence-corrected chi connectivity index (χ0v) is 11.9. The summed E-state index contributed by atoms with van der Waals surface area (Å²) >= 11 is 3.47. The van der Waals surface area contributed by atoms with Crippen LogP contribution in [0.4, 0.5) is 11.6 Å². The Balaban J connectivity index is 1.94. The minimum Gasteiger partial charge on any atom is -0.372 e. The Morgan fingerprint density at radius 3 is 2.78 bits per heavy atom. The van der Waals surface area contributed by atoms with Crippen LogP contribution in [-0.4, -0.2) is 33.3 Å². The van der Waals surface area contributed by atoms with Gasteiger partial charge in [0.25, 0.3) is 0 Å². The van der Waals surface area contributed by atoms with E-state index in [0.29, 0.717) is 0 Å². The molecule has 0 unspecified atom stereocenters. The lowest BCUT2D eigenvalue weighted by Gasteiger charge is -2.09. The van der Waals surface area contributed by atoms with E-state index in [-0.39, 0.29) is 0 Å². The van der Waals surface area contributed by atoms with Crippen molar-refractivity contribution in [2.24, 2.45) is 7.05 Å². The molecule has 96 valence electrons. The summed E-state index contributed by atoms with van der Waals surface area (Å²) in [6.45, 7) is 0.796. The Morgan fingerprint density at radius 2 is 2.11 bits per heavy atom. The third kappa shape index (κ3) is 2.98. The Labute approximate surface area is 114 Å². The molecule has 0 atom stereocenters. The van der Waals surface area contributed by atoms with Crippen LogP contribution in [0.1, 0.15) is 5.56 Å².